The fourth-order valence-electron chi connectivity index (χ4n) is 1.48. The zero-order valence-electron chi connectivity index (χ0n) is 7.97. The third-order valence-corrected chi connectivity index (χ3v) is 2.46. The van der Waals surface area contributed by atoms with Gasteiger partial charge < -0.3 is 4.74 Å². The van der Waals surface area contributed by atoms with Crippen molar-refractivity contribution in [1.29, 1.82) is 0 Å². The summed E-state index contributed by atoms with van der Waals surface area (Å²) in [7, 11) is 0. The van der Waals surface area contributed by atoms with Gasteiger partial charge in [0.15, 0.2) is 12.3 Å². The average molecular weight is 224 g/mol. The number of rotatable bonds is 4. The van der Waals surface area contributed by atoms with Crippen LogP contribution in [0.2, 0.25) is 0 Å². The third kappa shape index (κ3) is 3.43. The molecule has 0 aromatic heterocycles. The fraction of sp³-hybridized carbons (Fsp3) is 0.857. The molecule has 7 heteroatoms. The van der Waals surface area contributed by atoms with Gasteiger partial charge in [-0.25, -0.2) is 0 Å². The van der Waals surface area contributed by atoms with E-state index in [-0.39, 0.29) is 17.0 Å². The minimum Gasteiger partial charge on any atom is -0.370 e. The van der Waals surface area contributed by atoms with E-state index in [1.807, 2.05) is 0 Å². The number of morpholine rings is 1. The van der Waals surface area contributed by atoms with Gasteiger partial charge in [0.2, 0.25) is 0 Å². The predicted octanol–water partition coefficient (Wildman–Crippen LogP) is -0.509. The van der Waals surface area contributed by atoms with E-state index < -0.39 is 11.4 Å². The Morgan fingerprint density at radius 3 is 2.57 bits per heavy atom. The Bertz CT molecular complexity index is 220. The van der Waals surface area contributed by atoms with E-state index in [0.29, 0.717) is 26.3 Å². The van der Waals surface area contributed by atoms with Gasteiger partial charge in [0, 0.05) is 6.92 Å². The first-order valence-corrected chi connectivity index (χ1v) is 5.31. The van der Waals surface area contributed by atoms with Crippen LogP contribution in [0.5, 0.6) is 0 Å². The third-order valence-electron chi connectivity index (χ3n) is 2.02. The minimum absolute atomic E-state index is 0.0719. The summed E-state index contributed by atoms with van der Waals surface area (Å²) < 4.78 is 29.1. The second-order valence-electron chi connectivity index (χ2n) is 3.27. The molecular formula is C7H14NO5S+. The van der Waals surface area contributed by atoms with Gasteiger partial charge in [-0.1, -0.05) is 4.28 Å². The molecule has 1 aliphatic heterocycles. The van der Waals surface area contributed by atoms with Crippen LogP contribution in [0.25, 0.3) is 0 Å². The molecule has 0 aromatic carbocycles. The van der Waals surface area contributed by atoms with Crippen LogP contribution in [0.3, 0.4) is 0 Å². The lowest BCUT2D eigenvalue weighted by Gasteiger charge is -2.34. The van der Waals surface area contributed by atoms with E-state index >= 15 is 0 Å². The van der Waals surface area contributed by atoms with Gasteiger partial charge in [-0.15, -0.1) is 4.65 Å². The quantitative estimate of drug-likeness (QED) is 0.514. The number of nitrogens with zero attached hydrogens (tertiary/aromatic N) is 1. The van der Waals surface area contributed by atoms with Crippen molar-refractivity contribution in [3.8, 4) is 0 Å². The van der Waals surface area contributed by atoms with Crippen LogP contribution in [-0.4, -0.2) is 52.0 Å². The zero-order valence-corrected chi connectivity index (χ0v) is 8.79. The molecule has 0 bridgehead atoms. The molecule has 0 aromatic rings. The number of carbonyl (C=O) groups is 1. The predicted molar refractivity (Wildman–Crippen MR) is 48.2 cm³/mol. The average Bonchev–Trinajstić information content (AvgIpc) is 2.01. The van der Waals surface area contributed by atoms with Crippen molar-refractivity contribution in [3.63, 3.8) is 0 Å². The number of ketones is 1. The van der Waals surface area contributed by atoms with Crippen molar-refractivity contribution in [2.24, 2.45) is 0 Å². The normalized spacial score (nSPS) is 23.0. The second-order valence-corrected chi connectivity index (χ2v) is 3.85. The summed E-state index contributed by atoms with van der Waals surface area (Å²) in [6.45, 7) is 3.25. The van der Waals surface area contributed by atoms with Crippen LogP contribution >= 0.6 is 0 Å². The van der Waals surface area contributed by atoms with Crippen LogP contribution < -0.4 is 0 Å². The van der Waals surface area contributed by atoms with Crippen molar-refractivity contribution in [3.05, 3.63) is 0 Å². The van der Waals surface area contributed by atoms with E-state index in [1.165, 1.54) is 6.92 Å². The summed E-state index contributed by atoms with van der Waals surface area (Å²) in [6, 6.07) is 0. The molecule has 0 spiro atoms. The summed E-state index contributed by atoms with van der Waals surface area (Å²) in [5, 5.41) is 0. The molecule has 1 N–H and O–H groups in total. The van der Waals surface area contributed by atoms with Crippen LogP contribution in [0.15, 0.2) is 0 Å². The molecule has 1 rings (SSSR count). The van der Waals surface area contributed by atoms with Crippen LogP contribution in [0, 0.1) is 0 Å². The number of carbonyl (C=O) groups excluding carboxylic acids is 1. The molecule has 82 valence electrons. The molecule has 6 nitrogen and oxygen atoms in total. The Labute approximate surface area is 84.8 Å². The van der Waals surface area contributed by atoms with Crippen LogP contribution in [-0.2, 0) is 25.2 Å². The molecule has 1 heterocycles. The Hall–Kier alpha value is -0.340. The fourth-order valence-corrected chi connectivity index (χ4v) is 1.95. The molecule has 0 saturated carbocycles. The largest absolute Gasteiger partial charge is 0.370 e. The van der Waals surface area contributed by atoms with Gasteiger partial charge >= 0.3 is 11.4 Å². The maximum absolute atomic E-state index is 11.0. The first-order valence-electron chi connectivity index (χ1n) is 4.28. The first kappa shape index (κ1) is 11.7. The van der Waals surface area contributed by atoms with Crippen molar-refractivity contribution in [1.82, 2.24) is 0 Å². The maximum atomic E-state index is 11.0. The van der Waals surface area contributed by atoms with Gasteiger partial charge in [0.25, 0.3) is 0 Å². The Morgan fingerprint density at radius 2 is 2.14 bits per heavy atom. The molecule has 1 aliphatic rings. The summed E-state index contributed by atoms with van der Waals surface area (Å²) in [5.74, 6) is -0.0719. The number of ether oxygens (including phenoxy) is 1. The highest BCUT2D eigenvalue weighted by Gasteiger charge is 2.36. The number of hydrogen-bond acceptors (Lipinski definition) is 4. The van der Waals surface area contributed by atoms with E-state index in [1.54, 1.807) is 0 Å². The van der Waals surface area contributed by atoms with Crippen molar-refractivity contribution >= 4 is 17.1 Å². The minimum atomic E-state index is -2.35. The molecule has 1 unspecified atom stereocenters. The number of Topliss-reactive ketones (excluding diaryl/α,β-unsaturated/α-hetero) is 1. The summed E-state index contributed by atoms with van der Waals surface area (Å²) in [4.78, 5) is 11.0. The molecule has 1 fully saturated rings. The van der Waals surface area contributed by atoms with Gasteiger partial charge in [-0.05, 0) is 0 Å². The topological polar surface area (TPSA) is 72.8 Å². The first-order chi connectivity index (χ1) is 6.54. The summed E-state index contributed by atoms with van der Waals surface area (Å²) in [5.41, 5.74) is 0. The lowest BCUT2D eigenvalue weighted by Crippen LogP contribution is -2.57. The smallest absolute Gasteiger partial charge is 0.354 e. The van der Waals surface area contributed by atoms with Gasteiger partial charge in [-0.3, -0.25) is 9.35 Å². The molecule has 1 atom stereocenters. The molecular weight excluding hydrogens is 210 g/mol. The molecule has 1 saturated heterocycles. The highest BCUT2D eigenvalue weighted by molar-refractivity contribution is 7.74. The van der Waals surface area contributed by atoms with E-state index in [0.717, 1.165) is 0 Å². The van der Waals surface area contributed by atoms with Crippen LogP contribution in [0.4, 0.5) is 0 Å². The van der Waals surface area contributed by atoms with Gasteiger partial charge in [0.05, 0.1) is 13.2 Å². The van der Waals surface area contributed by atoms with Crippen molar-refractivity contribution in [2.45, 2.75) is 6.92 Å². The lowest BCUT2D eigenvalue weighted by molar-refractivity contribution is -1.08. The van der Waals surface area contributed by atoms with Crippen molar-refractivity contribution in [2.75, 3.05) is 32.8 Å². The van der Waals surface area contributed by atoms with Crippen LogP contribution in [0.1, 0.15) is 6.92 Å². The molecule has 0 aliphatic carbocycles. The SMILES string of the molecule is CC(=O)C[N+]1(OS(=O)O)CCOCC1. The van der Waals surface area contributed by atoms with Gasteiger partial charge in [0.1, 0.15) is 13.1 Å². The maximum Gasteiger partial charge on any atom is 0.354 e. The number of hydrogen-bond donors (Lipinski definition) is 1. The zero-order chi connectivity index (χ0) is 10.6. The van der Waals surface area contributed by atoms with Gasteiger partial charge in [-0.2, -0.15) is 4.21 Å². The highest BCUT2D eigenvalue weighted by Crippen LogP contribution is 2.13. The van der Waals surface area contributed by atoms with E-state index in [9.17, 15) is 9.00 Å². The van der Waals surface area contributed by atoms with E-state index in [4.69, 9.17) is 13.6 Å². The molecule has 0 amide bonds. The lowest BCUT2D eigenvalue weighted by atomic mass is 10.3. The Kier molecular flexibility index (Phi) is 4.14. The number of quaternary nitrogens is 1. The Morgan fingerprint density at radius 1 is 1.57 bits per heavy atom. The summed E-state index contributed by atoms with van der Waals surface area (Å²) in [6.07, 6.45) is 0. The monoisotopic (exact) mass is 224 g/mol. The molecule has 0 radical (unpaired) electrons. The summed E-state index contributed by atoms with van der Waals surface area (Å²) >= 11 is -2.35. The standard InChI is InChI=1S/C7H13NO5S/c1-7(9)6-8(13-14(10)11)2-4-12-5-3-8/h2-6H2,1H3/p+1. The highest BCUT2D eigenvalue weighted by atomic mass is 32.2. The second kappa shape index (κ2) is 4.94. The van der Waals surface area contributed by atoms with Crippen molar-refractivity contribution < 1.29 is 27.2 Å². The molecule has 14 heavy (non-hydrogen) atoms. The number of hydroxylamine groups is 3. The van der Waals surface area contributed by atoms with E-state index in [2.05, 4.69) is 0 Å². The Balaban J connectivity index is 2.66.